The molecule has 0 aliphatic carbocycles. The number of anilines is 2. The molecule has 3 amide bonds. The third-order valence-corrected chi connectivity index (χ3v) is 5.73. The molecule has 9 heteroatoms. The first-order valence-electron chi connectivity index (χ1n) is 8.47. The van der Waals surface area contributed by atoms with Gasteiger partial charge in [-0.3, -0.25) is 19.3 Å². The molecule has 27 heavy (non-hydrogen) atoms. The lowest BCUT2D eigenvalue weighted by molar-refractivity contribution is -0.132. The number of hydrogen-bond acceptors (Lipinski definition) is 5. The van der Waals surface area contributed by atoms with Crippen LogP contribution < -0.4 is 10.2 Å². The summed E-state index contributed by atoms with van der Waals surface area (Å²) in [4.78, 5) is 43.7. The van der Waals surface area contributed by atoms with Crippen molar-refractivity contribution in [3.63, 3.8) is 0 Å². The van der Waals surface area contributed by atoms with Crippen LogP contribution in [0.25, 0.3) is 0 Å². The zero-order valence-electron chi connectivity index (χ0n) is 14.8. The van der Waals surface area contributed by atoms with Crippen LogP contribution in [0.4, 0.5) is 10.8 Å². The molecule has 7 nitrogen and oxygen atoms in total. The number of carbonyl (C=O) groups is 3. The van der Waals surface area contributed by atoms with Crippen LogP contribution in [0.1, 0.15) is 18.5 Å². The van der Waals surface area contributed by atoms with Crippen LogP contribution in [0.2, 0.25) is 0 Å². The van der Waals surface area contributed by atoms with E-state index in [2.05, 4.69) is 26.2 Å². The fourth-order valence-electron chi connectivity index (χ4n) is 2.70. The highest BCUT2D eigenvalue weighted by Gasteiger charge is 2.24. The SMILES string of the molecule is CN(CC(=O)Nc1ccccc1Br)C(=O)Cc1csc(N2CCCC2=O)n1. The zero-order chi connectivity index (χ0) is 19.4. The zero-order valence-corrected chi connectivity index (χ0v) is 17.2. The molecule has 2 heterocycles. The van der Waals surface area contributed by atoms with Gasteiger partial charge in [0.05, 0.1) is 24.3 Å². The molecule has 1 aliphatic rings. The van der Waals surface area contributed by atoms with Crippen molar-refractivity contribution in [3.8, 4) is 0 Å². The second-order valence-electron chi connectivity index (χ2n) is 6.22. The van der Waals surface area contributed by atoms with Crippen molar-refractivity contribution in [2.24, 2.45) is 0 Å². The normalized spacial score (nSPS) is 13.7. The molecule has 1 N–H and O–H groups in total. The van der Waals surface area contributed by atoms with Crippen LogP contribution in [-0.2, 0) is 20.8 Å². The summed E-state index contributed by atoms with van der Waals surface area (Å²) in [5.41, 5.74) is 1.26. The van der Waals surface area contributed by atoms with Gasteiger partial charge in [-0.2, -0.15) is 0 Å². The number of benzene rings is 1. The lowest BCUT2D eigenvalue weighted by Crippen LogP contribution is -2.36. The molecule has 0 unspecified atom stereocenters. The van der Waals surface area contributed by atoms with E-state index in [0.717, 1.165) is 10.9 Å². The molecule has 0 radical (unpaired) electrons. The van der Waals surface area contributed by atoms with Crippen molar-refractivity contribution >= 4 is 55.8 Å². The van der Waals surface area contributed by atoms with Crippen LogP contribution in [0.3, 0.4) is 0 Å². The average Bonchev–Trinajstić information content (AvgIpc) is 3.25. The molecule has 142 valence electrons. The molecule has 1 aromatic heterocycles. The highest BCUT2D eigenvalue weighted by atomic mass is 79.9. The van der Waals surface area contributed by atoms with E-state index >= 15 is 0 Å². The number of nitrogens with zero attached hydrogens (tertiary/aromatic N) is 3. The maximum absolute atomic E-state index is 12.4. The lowest BCUT2D eigenvalue weighted by atomic mass is 10.3. The largest absolute Gasteiger partial charge is 0.336 e. The molecule has 1 fully saturated rings. The van der Waals surface area contributed by atoms with Crippen molar-refractivity contribution in [1.82, 2.24) is 9.88 Å². The Labute approximate surface area is 169 Å². The Morgan fingerprint density at radius 3 is 2.85 bits per heavy atom. The first kappa shape index (κ1) is 19.5. The van der Waals surface area contributed by atoms with Gasteiger partial charge in [-0.1, -0.05) is 12.1 Å². The van der Waals surface area contributed by atoms with E-state index in [9.17, 15) is 14.4 Å². The van der Waals surface area contributed by atoms with E-state index in [1.54, 1.807) is 23.4 Å². The molecular formula is C18H19BrN4O3S. The quantitative estimate of drug-likeness (QED) is 0.732. The summed E-state index contributed by atoms with van der Waals surface area (Å²) in [6.07, 6.45) is 1.47. The number of rotatable bonds is 6. The number of carbonyl (C=O) groups excluding carboxylic acids is 3. The molecule has 1 aromatic carbocycles. The summed E-state index contributed by atoms with van der Waals surface area (Å²) in [7, 11) is 1.58. The Morgan fingerprint density at radius 2 is 2.15 bits per heavy atom. The topological polar surface area (TPSA) is 82.6 Å². The smallest absolute Gasteiger partial charge is 0.244 e. The van der Waals surface area contributed by atoms with Crippen molar-refractivity contribution < 1.29 is 14.4 Å². The van der Waals surface area contributed by atoms with E-state index in [1.165, 1.54) is 16.2 Å². The summed E-state index contributed by atoms with van der Waals surface area (Å²) in [5, 5.41) is 5.19. The minimum absolute atomic E-state index is 0.0538. The van der Waals surface area contributed by atoms with Crippen LogP contribution in [0, 0.1) is 0 Å². The van der Waals surface area contributed by atoms with Crippen LogP contribution >= 0.6 is 27.3 Å². The molecule has 0 atom stereocenters. The van der Waals surface area contributed by atoms with E-state index in [4.69, 9.17) is 0 Å². The van der Waals surface area contributed by atoms with Crippen LogP contribution in [-0.4, -0.2) is 47.7 Å². The maximum atomic E-state index is 12.4. The second-order valence-corrected chi connectivity index (χ2v) is 7.92. The van der Waals surface area contributed by atoms with Crippen LogP contribution in [0.15, 0.2) is 34.1 Å². The van der Waals surface area contributed by atoms with E-state index in [0.29, 0.717) is 29.5 Å². The minimum Gasteiger partial charge on any atom is -0.336 e. The van der Waals surface area contributed by atoms with Gasteiger partial charge in [0.25, 0.3) is 0 Å². The third kappa shape index (κ3) is 4.92. The highest BCUT2D eigenvalue weighted by molar-refractivity contribution is 9.10. The lowest BCUT2D eigenvalue weighted by Gasteiger charge is -2.16. The Kier molecular flexibility index (Phi) is 6.22. The standard InChI is InChI=1S/C18H19BrN4O3S/c1-22(10-15(24)21-14-6-3-2-5-13(14)19)17(26)9-12-11-27-18(20-12)23-8-4-7-16(23)25/h2-3,5-6,11H,4,7-10H2,1H3,(H,21,24). The van der Waals surface area contributed by atoms with Crippen molar-refractivity contribution in [2.45, 2.75) is 19.3 Å². The van der Waals surface area contributed by atoms with Gasteiger partial charge in [-0.25, -0.2) is 4.98 Å². The Balaban J connectivity index is 1.53. The molecule has 0 bridgehead atoms. The van der Waals surface area contributed by atoms with E-state index < -0.39 is 0 Å². The number of para-hydroxylation sites is 1. The number of likely N-dealkylation sites (N-methyl/N-ethyl adjacent to an activating group) is 1. The number of halogens is 1. The average molecular weight is 451 g/mol. The molecule has 0 spiro atoms. The van der Waals surface area contributed by atoms with Crippen molar-refractivity contribution in [2.75, 3.05) is 30.4 Å². The molecular weight excluding hydrogens is 432 g/mol. The molecule has 1 saturated heterocycles. The number of aromatic nitrogens is 1. The summed E-state index contributed by atoms with van der Waals surface area (Å²) in [6, 6.07) is 7.28. The highest BCUT2D eigenvalue weighted by Crippen LogP contribution is 2.25. The first-order chi connectivity index (χ1) is 12.9. The molecule has 0 saturated carbocycles. The predicted octanol–water partition coefficient (Wildman–Crippen LogP) is 2.67. The van der Waals surface area contributed by atoms with Gasteiger partial charge in [0, 0.05) is 29.9 Å². The number of thiazole rings is 1. The van der Waals surface area contributed by atoms with Gasteiger partial charge < -0.3 is 10.2 Å². The van der Waals surface area contributed by atoms with Crippen molar-refractivity contribution in [1.29, 1.82) is 0 Å². The van der Waals surface area contributed by atoms with Gasteiger partial charge >= 0.3 is 0 Å². The van der Waals surface area contributed by atoms with Gasteiger partial charge in [0.15, 0.2) is 5.13 Å². The second kappa shape index (κ2) is 8.62. The number of hydrogen-bond donors (Lipinski definition) is 1. The van der Waals surface area contributed by atoms with E-state index in [-0.39, 0.29) is 30.7 Å². The molecule has 2 aromatic rings. The van der Waals surface area contributed by atoms with E-state index in [1.807, 2.05) is 18.2 Å². The monoisotopic (exact) mass is 450 g/mol. The summed E-state index contributed by atoms with van der Waals surface area (Å²) in [6.45, 7) is 0.622. The van der Waals surface area contributed by atoms with Gasteiger partial charge in [0.1, 0.15) is 0 Å². The summed E-state index contributed by atoms with van der Waals surface area (Å²) in [5.74, 6) is -0.413. The first-order valence-corrected chi connectivity index (χ1v) is 10.1. The minimum atomic E-state index is -0.278. The van der Waals surface area contributed by atoms with Crippen molar-refractivity contribution in [3.05, 3.63) is 39.8 Å². The Hall–Kier alpha value is -2.26. The number of nitrogens with one attached hydrogen (secondary N) is 1. The summed E-state index contributed by atoms with van der Waals surface area (Å²) < 4.78 is 0.777. The third-order valence-electron chi connectivity index (χ3n) is 4.13. The van der Waals surface area contributed by atoms with Gasteiger partial charge in [-0.05, 0) is 34.5 Å². The van der Waals surface area contributed by atoms with Crippen LogP contribution in [0.5, 0.6) is 0 Å². The predicted molar refractivity (Wildman–Crippen MR) is 108 cm³/mol. The maximum Gasteiger partial charge on any atom is 0.244 e. The molecule has 3 rings (SSSR count). The fraction of sp³-hybridized carbons (Fsp3) is 0.333. The molecule has 1 aliphatic heterocycles. The fourth-order valence-corrected chi connectivity index (χ4v) is 3.95. The van der Waals surface area contributed by atoms with Gasteiger partial charge in [-0.15, -0.1) is 11.3 Å². The summed E-state index contributed by atoms with van der Waals surface area (Å²) >= 11 is 4.73. The number of amides is 3. The Bertz CT molecular complexity index is 870. The van der Waals surface area contributed by atoms with Gasteiger partial charge in [0.2, 0.25) is 17.7 Å². The Morgan fingerprint density at radius 1 is 1.37 bits per heavy atom.